The Balaban J connectivity index is 1.52. The van der Waals surface area contributed by atoms with Crippen molar-refractivity contribution in [1.29, 1.82) is 0 Å². The number of nitrogens with one attached hydrogen (secondary N) is 1. The molecule has 3 rings (SSSR count). The first kappa shape index (κ1) is 13.9. The first-order valence-electron chi connectivity index (χ1n) is 8.24. The predicted molar refractivity (Wildman–Crippen MR) is 83.7 cm³/mol. The minimum Gasteiger partial charge on any atom is -0.370 e. The van der Waals surface area contributed by atoms with Crippen LogP contribution in [0.3, 0.4) is 0 Å². The quantitative estimate of drug-likeness (QED) is 0.746. The van der Waals surface area contributed by atoms with Crippen molar-refractivity contribution < 1.29 is 0 Å². The van der Waals surface area contributed by atoms with E-state index in [0.29, 0.717) is 0 Å². The second kappa shape index (κ2) is 6.57. The van der Waals surface area contributed by atoms with Gasteiger partial charge in [0.2, 0.25) is 0 Å². The zero-order chi connectivity index (χ0) is 13.8. The fourth-order valence-corrected chi connectivity index (χ4v) is 2.67. The average molecular weight is 273 g/mol. The molecule has 2 aliphatic carbocycles. The van der Waals surface area contributed by atoms with E-state index in [2.05, 4.69) is 34.3 Å². The summed E-state index contributed by atoms with van der Waals surface area (Å²) in [6, 6.07) is 4.36. The highest BCUT2D eigenvalue weighted by Gasteiger charge is 2.29. The van der Waals surface area contributed by atoms with Gasteiger partial charge in [0.25, 0.3) is 0 Å². The molecule has 20 heavy (non-hydrogen) atoms. The van der Waals surface area contributed by atoms with Gasteiger partial charge in [-0.05, 0) is 55.6 Å². The van der Waals surface area contributed by atoms with Crippen molar-refractivity contribution in [3.63, 3.8) is 0 Å². The summed E-state index contributed by atoms with van der Waals surface area (Å²) in [6.07, 6.45) is 8.96. The molecular weight excluding hydrogens is 246 g/mol. The molecule has 1 aromatic heterocycles. The van der Waals surface area contributed by atoms with Gasteiger partial charge in [-0.3, -0.25) is 4.90 Å². The number of nitrogens with zero attached hydrogens (tertiary/aromatic N) is 2. The molecule has 0 unspecified atom stereocenters. The summed E-state index contributed by atoms with van der Waals surface area (Å²) in [5, 5.41) is 3.33. The van der Waals surface area contributed by atoms with E-state index < -0.39 is 0 Å². The maximum absolute atomic E-state index is 4.52. The minimum atomic E-state index is 0.979. The number of hydrogen-bond donors (Lipinski definition) is 1. The number of aromatic nitrogens is 1. The van der Waals surface area contributed by atoms with Crippen LogP contribution in [0.15, 0.2) is 18.3 Å². The number of hydrogen-bond acceptors (Lipinski definition) is 3. The zero-order valence-corrected chi connectivity index (χ0v) is 12.6. The van der Waals surface area contributed by atoms with Gasteiger partial charge in [0.05, 0.1) is 0 Å². The SMILES string of the molecule is CCCNc1ccc(CN(CC2CC2)CC2CC2)cn1. The van der Waals surface area contributed by atoms with Gasteiger partial charge in [-0.1, -0.05) is 13.0 Å². The highest BCUT2D eigenvalue weighted by Crippen LogP contribution is 2.34. The number of pyridine rings is 1. The molecule has 0 atom stereocenters. The predicted octanol–water partition coefficient (Wildman–Crippen LogP) is 3.53. The van der Waals surface area contributed by atoms with Crippen molar-refractivity contribution in [3.8, 4) is 0 Å². The molecule has 1 aromatic rings. The lowest BCUT2D eigenvalue weighted by Crippen LogP contribution is -2.27. The smallest absolute Gasteiger partial charge is 0.125 e. The molecule has 0 radical (unpaired) electrons. The third-order valence-corrected chi connectivity index (χ3v) is 4.21. The van der Waals surface area contributed by atoms with Crippen LogP contribution in [0.1, 0.15) is 44.6 Å². The van der Waals surface area contributed by atoms with Gasteiger partial charge >= 0.3 is 0 Å². The summed E-state index contributed by atoms with van der Waals surface area (Å²) in [5.41, 5.74) is 1.35. The monoisotopic (exact) mass is 273 g/mol. The Morgan fingerprint density at radius 3 is 2.35 bits per heavy atom. The molecule has 2 fully saturated rings. The van der Waals surface area contributed by atoms with E-state index in [0.717, 1.165) is 37.2 Å². The Hall–Kier alpha value is -1.09. The molecule has 0 amide bonds. The largest absolute Gasteiger partial charge is 0.370 e. The van der Waals surface area contributed by atoms with E-state index in [1.54, 1.807) is 0 Å². The van der Waals surface area contributed by atoms with E-state index >= 15 is 0 Å². The molecule has 3 heteroatoms. The fraction of sp³-hybridized carbons (Fsp3) is 0.706. The summed E-state index contributed by atoms with van der Waals surface area (Å²) in [4.78, 5) is 7.18. The summed E-state index contributed by atoms with van der Waals surface area (Å²) in [5.74, 6) is 2.96. The van der Waals surface area contributed by atoms with E-state index in [1.165, 1.54) is 44.3 Å². The first-order valence-corrected chi connectivity index (χ1v) is 8.24. The molecule has 0 aromatic carbocycles. The van der Waals surface area contributed by atoms with E-state index in [-0.39, 0.29) is 0 Å². The molecule has 0 spiro atoms. The van der Waals surface area contributed by atoms with Crippen LogP contribution in [0.5, 0.6) is 0 Å². The van der Waals surface area contributed by atoms with Crippen molar-refractivity contribution in [3.05, 3.63) is 23.9 Å². The summed E-state index contributed by atoms with van der Waals surface area (Å²) < 4.78 is 0. The molecule has 1 heterocycles. The van der Waals surface area contributed by atoms with Crippen molar-refractivity contribution in [2.45, 2.75) is 45.6 Å². The first-order chi connectivity index (χ1) is 9.83. The molecule has 110 valence electrons. The molecule has 3 nitrogen and oxygen atoms in total. The van der Waals surface area contributed by atoms with Gasteiger partial charge < -0.3 is 5.32 Å². The van der Waals surface area contributed by atoms with Crippen LogP contribution < -0.4 is 5.32 Å². The summed E-state index contributed by atoms with van der Waals surface area (Å²) >= 11 is 0. The highest BCUT2D eigenvalue weighted by atomic mass is 15.1. The Bertz CT molecular complexity index is 393. The minimum absolute atomic E-state index is 0.979. The lowest BCUT2D eigenvalue weighted by Gasteiger charge is -2.22. The van der Waals surface area contributed by atoms with Crippen LogP contribution in [0, 0.1) is 11.8 Å². The van der Waals surface area contributed by atoms with Gasteiger partial charge in [0, 0.05) is 32.4 Å². The molecular formula is C17H27N3. The van der Waals surface area contributed by atoms with Crippen LogP contribution in [0.4, 0.5) is 5.82 Å². The normalized spacial score (nSPS) is 18.5. The number of rotatable bonds is 9. The zero-order valence-electron chi connectivity index (χ0n) is 12.6. The highest BCUT2D eigenvalue weighted by molar-refractivity contribution is 5.35. The van der Waals surface area contributed by atoms with Gasteiger partial charge in [-0.2, -0.15) is 0 Å². The van der Waals surface area contributed by atoms with Crippen LogP contribution in [-0.2, 0) is 6.54 Å². The standard InChI is InChI=1S/C17H27N3/c1-2-9-18-17-8-7-16(10-19-17)13-20(11-14-3-4-14)12-15-5-6-15/h7-8,10,14-15H,2-6,9,11-13H2,1H3,(H,18,19). The van der Waals surface area contributed by atoms with Gasteiger partial charge in [-0.25, -0.2) is 4.98 Å². The lowest BCUT2D eigenvalue weighted by molar-refractivity contribution is 0.244. The van der Waals surface area contributed by atoms with Crippen molar-refractivity contribution in [2.75, 3.05) is 25.0 Å². The molecule has 2 aliphatic rings. The van der Waals surface area contributed by atoms with Gasteiger partial charge in [0.1, 0.15) is 5.82 Å². The molecule has 0 bridgehead atoms. The van der Waals surface area contributed by atoms with Crippen molar-refractivity contribution >= 4 is 5.82 Å². The van der Waals surface area contributed by atoms with Crippen LogP contribution >= 0.6 is 0 Å². The fourth-order valence-electron chi connectivity index (χ4n) is 2.67. The van der Waals surface area contributed by atoms with Gasteiger partial charge in [0.15, 0.2) is 0 Å². The second-order valence-corrected chi connectivity index (χ2v) is 6.56. The van der Waals surface area contributed by atoms with Crippen LogP contribution in [-0.4, -0.2) is 29.5 Å². The van der Waals surface area contributed by atoms with E-state index in [9.17, 15) is 0 Å². The molecule has 1 N–H and O–H groups in total. The van der Waals surface area contributed by atoms with Crippen molar-refractivity contribution in [1.82, 2.24) is 9.88 Å². The van der Waals surface area contributed by atoms with Crippen molar-refractivity contribution in [2.24, 2.45) is 11.8 Å². The Kier molecular flexibility index (Phi) is 4.56. The summed E-state index contributed by atoms with van der Waals surface area (Å²) in [7, 11) is 0. The second-order valence-electron chi connectivity index (χ2n) is 6.56. The molecule has 2 saturated carbocycles. The topological polar surface area (TPSA) is 28.2 Å². The maximum atomic E-state index is 4.52. The maximum Gasteiger partial charge on any atom is 0.125 e. The Morgan fingerprint density at radius 1 is 1.15 bits per heavy atom. The van der Waals surface area contributed by atoms with Crippen LogP contribution in [0.25, 0.3) is 0 Å². The third kappa shape index (κ3) is 4.48. The average Bonchev–Trinajstić information content (AvgIpc) is 3.34. The van der Waals surface area contributed by atoms with E-state index in [1.807, 2.05) is 6.20 Å². The summed E-state index contributed by atoms with van der Waals surface area (Å²) in [6.45, 7) is 6.85. The van der Waals surface area contributed by atoms with Crippen LogP contribution in [0.2, 0.25) is 0 Å². The molecule has 0 saturated heterocycles. The van der Waals surface area contributed by atoms with E-state index in [4.69, 9.17) is 0 Å². The number of anilines is 1. The third-order valence-electron chi connectivity index (χ3n) is 4.21. The van der Waals surface area contributed by atoms with Gasteiger partial charge in [-0.15, -0.1) is 0 Å². The Morgan fingerprint density at radius 2 is 1.85 bits per heavy atom. The molecule has 0 aliphatic heterocycles. The lowest BCUT2D eigenvalue weighted by atomic mass is 10.2. The Labute approximate surface area is 122 Å².